The molecule has 2 aromatic heterocycles. The molecule has 0 saturated carbocycles. The molecule has 2 rings (SSSR count). The molecule has 0 aliphatic heterocycles. The van der Waals surface area contributed by atoms with Crippen LogP contribution < -0.4 is 9.79 Å². The van der Waals surface area contributed by atoms with Crippen LogP contribution in [0.5, 0.6) is 0 Å². The molecule has 2 N–H and O–H groups in total. The van der Waals surface area contributed by atoms with E-state index in [1.165, 1.54) is 0 Å². The van der Waals surface area contributed by atoms with E-state index in [1.807, 2.05) is 6.07 Å². The number of aryl methyl sites for hydroxylation is 1. The highest BCUT2D eigenvalue weighted by Gasteiger charge is 2.28. The van der Waals surface area contributed by atoms with Gasteiger partial charge < -0.3 is 19.7 Å². The largest absolute Gasteiger partial charge is 0.542 e. The van der Waals surface area contributed by atoms with Gasteiger partial charge in [-0.15, -0.1) is 0 Å². The van der Waals surface area contributed by atoms with Gasteiger partial charge in [0.2, 0.25) is 0 Å². The van der Waals surface area contributed by atoms with Crippen LogP contribution in [0.3, 0.4) is 0 Å². The molecule has 9 nitrogen and oxygen atoms in total. The van der Waals surface area contributed by atoms with Gasteiger partial charge in [-0.2, -0.15) is 13.2 Å². The number of hydrogen-bond acceptors (Lipinski definition) is 6. The number of alkyl halides is 3. The number of carboxylic acids is 1. The van der Waals surface area contributed by atoms with E-state index in [1.54, 1.807) is 35.5 Å². The molecule has 0 bridgehead atoms. The van der Waals surface area contributed by atoms with Gasteiger partial charge in [0, 0.05) is 30.4 Å². The number of hydrogen-bond donors (Lipinski definition) is 2. The molecule has 0 spiro atoms. The molecule has 0 unspecified atom stereocenters. The first-order chi connectivity index (χ1) is 12.0. The Morgan fingerprint density at radius 3 is 2.27 bits per heavy atom. The Balaban J connectivity index is 0.000000412. The average Bonchev–Trinajstić information content (AvgIpc) is 2.55. The summed E-state index contributed by atoms with van der Waals surface area (Å²) in [6, 6.07) is 3.56. The lowest BCUT2D eigenvalue weighted by molar-refractivity contribution is -0.753. The van der Waals surface area contributed by atoms with Crippen LogP contribution in [0.1, 0.15) is 6.42 Å². The quantitative estimate of drug-likeness (QED) is 0.520. The maximum Gasteiger partial charge on any atom is 0.430 e. The molecule has 2 heterocycles. The van der Waals surface area contributed by atoms with Crippen molar-refractivity contribution in [1.29, 1.82) is 0 Å². The Morgan fingerprint density at radius 2 is 1.85 bits per heavy atom. The highest BCUT2D eigenvalue weighted by Crippen LogP contribution is 2.34. The first-order valence-electron chi connectivity index (χ1n) is 6.95. The fourth-order valence-electron chi connectivity index (χ4n) is 1.54. The number of nitrogens with zero attached hydrogens (tertiary/aromatic N) is 4. The lowest BCUT2D eigenvalue weighted by Crippen LogP contribution is -2.37. The van der Waals surface area contributed by atoms with Crippen molar-refractivity contribution in [3.05, 3.63) is 36.9 Å². The Bertz CT molecular complexity index is 753. The van der Waals surface area contributed by atoms with Crippen LogP contribution >= 0.6 is 7.60 Å². The Morgan fingerprint density at radius 1 is 1.27 bits per heavy atom. The third-order valence-corrected chi connectivity index (χ3v) is 3.56. The van der Waals surface area contributed by atoms with E-state index < -0.39 is 19.7 Å². The van der Waals surface area contributed by atoms with Crippen LogP contribution in [0.15, 0.2) is 36.9 Å². The van der Waals surface area contributed by atoms with Gasteiger partial charge in [0.05, 0.1) is 6.16 Å². The zero-order valence-corrected chi connectivity index (χ0v) is 14.0. The smallest absolute Gasteiger partial charge is 0.430 e. The minimum Gasteiger partial charge on any atom is -0.542 e. The summed E-state index contributed by atoms with van der Waals surface area (Å²) < 4.78 is 43.9. The highest BCUT2D eigenvalue weighted by atomic mass is 31.2. The first kappa shape index (κ1) is 21.6. The Kier molecular flexibility index (Phi) is 7.75. The number of carboxylic acid groups (broad SMARTS) is 1. The van der Waals surface area contributed by atoms with Crippen molar-refractivity contribution in [3.63, 3.8) is 0 Å². The topological polar surface area (TPSA) is 140 Å². The summed E-state index contributed by atoms with van der Waals surface area (Å²) in [7, 11) is -3.92. The van der Waals surface area contributed by atoms with Crippen molar-refractivity contribution < 1.29 is 42.1 Å². The van der Waals surface area contributed by atoms with Crippen molar-refractivity contribution in [1.82, 2.24) is 15.1 Å². The van der Waals surface area contributed by atoms with Crippen LogP contribution in [0.2, 0.25) is 0 Å². The van der Waals surface area contributed by atoms with Gasteiger partial charge in [0.25, 0.3) is 0 Å². The van der Waals surface area contributed by atoms with Gasteiger partial charge in [0.15, 0.2) is 18.6 Å². The maximum absolute atomic E-state index is 10.7. The molecule has 0 amide bonds. The van der Waals surface area contributed by atoms with Crippen LogP contribution in [0.4, 0.5) is 13.2 Å². The molecule has 0 aliphatic rings. The Hall–Kier alpha value is -2.43. The number of carbonyl (C=O) groups is 1. The van der Waals surface area contributed by atoms with Gasteiger partial charge in [-0.05, 0) is 11.2 Å². The summed E-state index contributed by atoms with van der Waals surface area (Å²) in [4.78, 5) is 34.5. The van der Waals surface area contributed by atoms with Gasteiger partial charge in [-0.3, -0.25) is 4.57 Å². The third kappa shape index (κ3) is 8.60. The standard InChI is InChI=1S/C11H13N4O3P.C2HF3O2/c16-19(17,18)8-2-6-15-7-3-10(9-14-15)11-12-4-1-5-13-11;3-2(4,5)1(6)7/h1,3-5,7,9H,2,6,8H2,(H-,16,17,18);(H,6,7). The molecule has 2 aromatic rings. The Labute approximate surface area is 145 Å². The molecular formula is C13H14F3N4O5P. The van der Waals surface area contributed by atoms with E-state index >= 15 is 0 Å². The van der Waals surface area contributed by atoms with Crippen LogP contribution in [-0.2, 0) is 15.9 Å². The van der Waals surface area contributed by atoms with E-state index in [0.717, 1.165) is 5.56 Å². The lowest BCUT2D eigenvalue weighted by atomic mass is 10.3. The van der Waals surface area contributed by atoms with E-state index in [0.29, 0.717) is 18.8 Å². The molecule has 13 heteroatoms. The minimum atomic E-state index is -5.19. The first-order valence-corrected chi connectivity index (χ1v) is 8.75. The lowest BCUT2D eigenvalue weighted by Gasteiger charge is -2.03. The molecule has 0 aliphatic carbocycles. The second kappa shape index (κ2) is 9.32. The second-order valence-electron chi connectivity index (χ2n) is 4.78. The van der Waals surface area contributed by atoms with E-state index in [4.69, 9.17) is 19.7 Å². The van der Waals surface area contributed by atoms with E-state index in [2.05, 4.69) is 15.1 Å². The van der Waals surface area contributed by atoms with Gasteiger partial charge in [-0.1, -0.05) is 4.68 Å². The second-order valence-corrected chi connectivity index (χ2v) is 6.55. The maximum atomic E-state index is 10.7. The molecule has 26 heavy (non-hydrogen) atoms. The van der Waals surface area contributed by atoms with Crippen LogP contribution in [0, 0.1) is 0 Å². The molecule has 0 radical (unpaired) electrons. The van der Waals surface area contributed by atoms with Crippen molar-refractivity contribution >= 4 is 13.6 Å². The van der Waals surface area contributed by atoms with E-state index in [-0.39, 0.29) is 6.16 Å². The van der Waals surface area contributed by atoms with Crippen molar-refractivity contribution in [2.75, 3.05) is 6.16 Å². The molecule has 142 valence electrons. The zero-order valence-electron chi connectivity index (χ0n) is 13.1. The number of carbonyl (C=O) groups excluding carboxylic acids is 1. The van der Waals surface area contributed by atoms with Crippen LogP contribution in [-0.4, -0.2) is 43.2 Å². The predicted molar refractivity (Wildman–Crippen MR) is 78.0 cm³/mol. The summed E-state index contributed by atoms with van der Waals surface area (Å²) in [5, 5.41) is 12.9. The van der Waals surface area contributed by atoms with Crippen LogP contribution in [0.25, 0.3) is 11.4 Å². The molecule has 0 atom stereocenters. The van der Waals surface area contributed by atoms with E-state index in [9.17, 15) is 17.7 Å². The van der Waals surface area contributed by atoms with Crippen molar-refractivity contribution in [3.8, 4) is 11.4 Å². The summed E-state index contributed by atoms with van der Waals surface area (Å²) in [6.07, 6.45) is 1.74. The summed E-state index contributed by atoms with van der Waals surface area (Å²) in [5.74, 6) is -2.41. The highest BCUT2D eigenvalue weighted by molar-refractivity contribution is 7.51. The molecule has 0 saturated heterocycles. The van der Waals surface area contributed by atoms with Gasteiger partial charge in [0.1, 0.15) is 12.2 Å². The van der Waals surface area contributed by atoms with Gasteiger partial charge in [-0.25, -0.2) is 9.97 Å². The fourth-order valence-corrected chi connectivity index (χ4v) is 2.09. The fraction of sp³-hybridized carbons (Fsp3) is 0.308. The molecule has 0 fully saturated rings. The number of halogens is 3. The molecule has 0 aromatic carbocycles. The number of aliphatic carboxylic acids is 1. The monoisotopic (exact) mass is 394 g/mol. The zero-order chi connectivity index (χ0) is 19.8. The third-order valence-electron chi connectivity index (χ3n) is 2.66. The van der Waals surface area contributed by atoms with Crippen molar-refractivity contribution in [2.45, 2.75) is 19.1 Å². The number of aromatic nitrogens is 4. The minimum absolute atomic E-state index is 0.134. The average molecular weight is 394 g/mol. The summed E-state index contributed by atoms with van der Waals surface area (Å²) in [5.41, 5.74) is 0.798. The van der Waals surface area contributed by atoms with Crippen molar-refractivity contribution in [2.24, 2.45) is 0 Å². The summed E-state index contributed by atoms with van der Waals surface area (Å²) in [6.45, 7) is 0.459. The SMILES string of the molecule is O=C([O-])C(F)(F)F.O=P(O)(O)CCC[n+]1ccc(-c2ncccn2)cn1. The predicted octanol–water partition coefficient (Wildman–Crippen LogP) is -0.308. The summed E-state index contributed by atoms with van der Waals surface area (Å²) >= 11 is 0. The molecular weight excluding hydrogens is 380 g/mol. The van der Waals surface area contributed by atoms with Gasteiger partial charge >= 0.3 is 13.8 Å². The normalized spacial score (nSPS) is 11.4. The number of rotatable bonds is 5.